The van der Waals surface area contributed by atoms with Gasteiger partial charge in [0.15, 0.2) is 0 Å². The van der Waals surface area contributed by atoms with Gasteiger partial charge in [0.1, 0.15) is 11.6 Å². The molecule has 1 saturated heterocycles. The fraction of sp³-hybridized carbons (Fsp3) is 0.500. The van der Waals surface area contributed by atoms with Crippen LogP contribution in [-0.2, 0) is 11.8 Å². The van der Waals surface area contributed by atoms with E-state index in [2.05, 4.69) is 17.7 Å². The zero-order chi connectivity index (χ0) is 12.5. The van der Waals surface area contributed by atoms with Crippen LogP contribution in [-0.4, -0.2) is 29.9 Å². The van der Waals surface area contributed by atoms with Crippen LogP contribution in [0.2, 0.25) is 0 Å². The Bertz CT molecular complexity index is 556. The maximum absolute atomic E-state index is 5.41. The van der Waals surface area contributed by atoms with Crippen LogP contribution in [0.5, 0.6) is 5.75 Å². The first-order valence-electron chi connectivity index (χ1n) is 6.37. The Labute approximate surface area is 107 Å². The minimum Gasteiger partial charge on any atom is -0.497 e. The number of methoxy groups -OCH3 is 1. The van der Waals surface area contributed by atoms with E-state index in [0.29, 0.717) is 5.92 Å². The standard InChI is InChI=1S/C14H18N2O2/c1-16-13-4-3-11(17-2)9-12(13)15-14(16)10-5-7-18-8-6-10/h3-4,9-10H,5-8H2,1-2H3. The molecule has 0 saturated carbocycles. The molecule has 2 heterocycles. The van der Waals surface area contributed by atoms with Gasteiger partial charge in [-0.15, -0.1) is 0 Å². The molecule has 96 valence electrons. The van der Waals surface area contributed by atoms with Crippen molar-refractivity contribution in [2.45, 2.75) is 18.8 Å². The molecule has 1 fully saturated rings. The number of imidazole rings is 1. The van der Waals surface area contributed by atoms with E-state index in [4.69, 9.17) is 14.5 Å². The summed E-state index contributed by atoms with van der Waals surface area (Å²) in [7, 11) is 3.77. The fourth-order valence-electron chi connectivity index (χ4n) is 2.65. The third-order valence-corrected chi connectivity index (χ3v) is 3.71. The second-order valence-corrected chi connectivity index (χ2v) is 4.77. The molecule has 0 unspecified atom stereocenters. The third-order valence-electron chi connectivity index (χ3n) is 3.71. The number of rotatable bonds is 2. The highest BCUT2D eigenvalue weighted by molar-refractivity contribution is 5.77. The van der Waals surface area contributed by atoms with E-state index in [1.54, 1.807) is 7.11 Å². The van der Waals surface area contributed by atoms with Crippen LogP contribution < -0.4 is 4.74 Å². The molecule has 1 aromatic carbocycles. The predicted molar refractivity (Wildman–Crippen MR) is 70.1 cm³/mol. The molecule has 0 radical (unpaired) electrons. The summed E-state index contributed by atoms with van der Waals surface area (Å²) >= 11 is 0. The first-order valence-corrected chi connectivity index (χ1v) is 6.37. The molecular formula is C14H18N2O2. The van der Waals surface area contributed by atoms with Gasteiger partial charge in [0.2, 0.25) is 0 Å². The summed E-state index contributed by atoms with van der Waals surface area (Å²) in [5.74, 6) is 2.54. The van der Waals surface area contributed by atoms with Crippen LogP contribution >= 0.6 is 0 Å². The van der Waals surface area contributed by atoms with Crippen molar-refractivity contribution in [3.8, 4) is 5.75 Å². The smallest absolute Gasteiger partial charge is 0.121 e. The van der Waals surface area contributed by atoms with Crippen LogP contribution in [0.1, 0.15) is 24.6 Å². The van der Waals surface area contributed by atoms with Gasteiger partial charge >= 0.3 is 0 Å². The highest BCUT2D eigenvalue weighted by atomic mass is 16.5. The quantitative estimate of drug-likeness (QED) is 0.816. The molecule has 0 amide bonds. The van der Waals surface area contributed by atoms with Crippen LogP contribution in [0, 0.1) is 0 Å². The van der Waals surface area contributed by atoms with Crippen LogP contribution in [0.15, 0.2) is 18.2 Å². The number of aromatic nitrogens is 2. The Morgan fingerprint density at radius 2 is 2.11 bits per heavy atom. The maximum Gasteiger partial charge on any atom is 0.121 e. The lowest BCUT2D eigenvalue weighted by Crippen LogP contribution is -2.17. The van der Waals surface area contributed by atoms with Crippen LogP contribution in [0.4, 0.5) is 0 Å². The van der Waals surface area contributed by atoms with Crippen molar-refractivity contribution in [2.24, 2.45) is 7.05 Å². The zero-order valence-corrected chi connectivity index (χ0v) is 10.8. The van der Waals surface area contributed by atoms with Crippen molar-refractivity contribution in [2.75, 3.05) is 20.3 Å². The summed E-state index contributed by atoms with van der Waals surface area (Å²) in [6.45, 7) is 1.69. The number of hydrogen-bond acceptors (Lipinski definition) is 3. The predicted octanol–water partition coefficient (Wildman–Crippen LogP) is 2.48. The van der Waals surface area contributed by atoms with Gasteiger partial charge in [-0.1, -0.05) is 0 Å². The molecule has 4 nitrogen and oxygen atoms in total. The number of benzene rings is 1. The molecule has 0 N–H and O–H groups in total. The van der Waals surface area contributed by atoms with Gasteiger partial charge in [0.25, 0.3) is 0 Å². The summed E-state index contributed by atoms with van der Waals surface area (Å²) in [5.41, 5.74) is 2.18. The van der Waals surface area contributed by atoms with Crippen LogP contribution in [0.25, 0.3) is 11.0 Å². The van der Waals surface area contributed by atoms with Crippen molar-refractivity contribution in [1.29, 1.82) is 0 Å². The van der Waals surface area contributed by atoms with E-state index in [1.807, 2.05) is 12.1 Å². The summed E-state index contributed by atoms with van der Waals surface area (Å²) in [6, 6.07) is 6.06. The molecule has 0 atom stereocenters. The third kappa shape index (κ3) is 1.86. The molecule has 0 bridgehead atoms. The van der Waals surface area contributed by atoms with Gasteiger partial charge in [-0.3, -0.25) is 0 Å². The van der Waals surface area contributed by atoms with Crippen molar-refractivity contribution >= 4 is 11.0 Å². The second kappa shape index (κ2) is 4.61. The monoisotopic (exact) mass is 246 g/mol. The van der Waals surface area contributed by atoms with Crippen molar-refractivity contribution < 1.29 is 9.47 Å². The largest absolute Gasteiger partial charge is 0.497 e. The molecule has 1 aromatic heterocycles. The van der Waals surface area contributed by atoms with E-state index >= 15 is 0 Å². The van der Waals surface area contributed by atoms with Gasteiger partial charge < -0.3 is 14.0 Å². The summed E-state index contributed by atoms with van der Waals surface area (Å²) in [4.78, 5) is 4.77. The van der Waals surface area contributed by atoms with Gasteiger partial charge in [0, 0.05) is 32.2 Å². The molecular weight excluding hydrogens is 228 g/mol. The Morgan fingerprint density at radius 1 is 1.33 bits per heavy atom. The van der Waals surface area contributed by atoms with E-state index in [-0.39, 0.29) is 0 Å². The van der Waals surface area contributed by atoms with Crippen molar-refractivity contribution in [3.05, 3.63) is 24.0 Å². The molecule has 1 aliphatic heterocycles. The summed E-state index contributed by atoms with van der Waals surface area (Å²) in [6.07, 6.45) is 2.13. The van der Waals surface area contributed by atoms with Gasteiger partial charge in [-0.25, -0.2) is 4.98 Å². The molecule has 3 rings (SSSR count). The minimum absolute atomic E-state index is 0.516. The number of aryl methyl sites for hydroxylation is 1. The number of ether oxygens (including phenoxy) is 2. The SMILES string of the molecule is COc1ccc2c(c1)nc(C1CCOCC1)n2C. The lowest BCUT2D eigenvalue weighted by Gasteiger charge is -2.21. The summed E-state index contributed by atoms with van der Waals surface area (Å²) < 4.78 is 12.9. The summed E-state index contributed by atoms with van der Waals surface area (Å²) in [5, 5.41) is 0. The minimum atomic E-state index is 0.516. The lowest BCUT2D eigenvalue weighted by atomic mass is 9.99. The fourth-order valence-corrected chi connectivity index (χ4v) is 2.65. The first-order chi connectivity index (χ1) is 8.79. The average molecular weight is 246 g/mol. The van der Waals surface area contributed by atoms with E-state index < -0.39 is 0 Å². The Kier molecular flexibility index (Phi) is 2.96. The normalized spacial score (nSPS) is 17.2. The molecule has 18 heavy (non-hydrogen) atoms. The molecule has 1 aliphatic rings. The number of fused-ring (bicyclic) bond motifs is 1. The van der Waals surface area contributed by atoms with Gasteiger partial charge in [0.05, 0.1) is 18.1 Å². The molecule has 0 aliphatic carbocycles. The maximum atomic E-state index is 5.41. The Balaban J connectivity index is 2.04. The number of nitrogens with zero attached hydrogens (tertiary/aromatic N) is 2. The molecule has 4 heteroatoms. The Morgan fingerprint density at radius 3 is 2.83 bits per heavy atom. The van der Waals surface area contributed by atoms with Gasteiger partial charge in [-0.05, 0) is 25.0 Å². The van der Waals surface area contributed by atoms with E-state index in [9.17, 15) is 0 Å². The van der Waals surface area contributed by atoms with Crippen molar-refractivity contribution in [3.63, 3.8) is 0 Å². The number of hydrogen-bond donors (Lipinski definition) is 0. The average Bonchev–Trinajstić information content (AvgIpc) is 2.76. The topological polar surface area (TPSA) is 36.3 Å². The second-order valence-electron chi connectivity index (χ2n) is 4.77. The van der Waals surface area contributed by atoms with Crippen LogP contribution in [0.3, 0.4) is 0 Å². The van der Waals surface area contributed by atoms with E-state index in [0.717, 1.165) is 42.8 Å². The van der Waals surface area contributed by atoms with Gasteiger partial charge in [-0.2, -0.15) is 0 Å². The lowest BCUT2D eigenvalue weighted by molar-refractivity contribution is 0.0831. The van der Waals surface area contributed by atoms with Crippen molar-refractivity contribution in [1.82, 2.24) is 9.55 Å². The Hall–Kier alpha value is -1.55. The first kappa shape index (κ1) is 11.5. The zero-order valence-electron chi connectivity index (χ0n) is 10.8. The highest BCUT2D eigenvalue weighted by Gasteiger charge is 2.21. The molecule has 0 spiro atoms. The van der Waals surface area contributed by atoms with E-state index in [1.165, 1.54) is 5.82 Å². The molecule has 2 aromatic rings. The highest BCUT2D eigenvalue weighted by Crippen LogP contribution is 2.29.